The first-order valence-corrected chi connectivity index (χ1v) is 8.27. The molecule has 0 bridgehead atoms. The lowest BCUT2D eigenvalue weighted by molar-refractivity contribution is -0.0449. The molecule has 1 saturated heterocycles. The highest BCUT2D eigenvalue weighted by Crippen LogP contribution is 2.30. The van der Waals surface area contributed by atoms with Gasteiger partial charge < -0.3 is 9.64 Å². The number of hydrogen-bond donors (Lipinski definition) is 1. The Kier molecular flexibility index (Phi) is 3.65. The fraction of sp³-hybridized carbons (Fsp3) is 0.444. The average Bonchev–Trinajstić information content (AvgIpc) is 3.18. The van der Waals surface area contributed by atoms with Crippen LogP contribution in [0.1, 0.15) is 46.7 Å². The number of morpholine rings is 1. The van der Waals surface area contributed by atoms with E-state index in [9.17, 15) is 4.79 Å². The van der Waals surface area contributed by atoms with Crippen LogP contribution in [-0.2, 0) is 17.6 Å². The standard InChI is InChI=1S/C18H21N3O2/c1-12-10-21(16(11-23-12)13-6-3-2-4-7-13)18(22)17-14-8-5-9-15(14)19-20-17/h2-4,6-7,12,16H,5,8-11H2,1H3,(H,19,20)/t12-,16+/m1/s1. The third-order valence-corrected chi connectivity index (χ3v) is 4.82. The number of rotatable bonds is 2. The molecule has 5 heteroatoms. The first-order chi connectivity index (χ1) is 11.2. The summed E-state index contributed by atoms with van der Waals surface area (Å²) in [6, 6.07) is 10.1. The van der Waals surface area contributed by atoms with Gasteiger partial charge in [0.2, 0.25) is 0 Å². The minimum Gasteiger partial charge on any atom is -0.374 e. The van der Waals surface area contributed by atoms with E-state index in [-0.39, 0.29) is 18.1 Å². The second-order valence-electron chi connectivity index (χ2n) is 6.41. The van der Waals surface area contributed by atoms with Gasteiger partial charge in [-0.15, -0.1) is 0 Å². The molecule has 2 aliphatic rings. The molecule has 1 aliphatic carbocycles. The van der Waals surface area contributed by atoms with Gasteiger partial charge >= 0.3 is 0 Å². The first kappa shape index (κ1) is 14.5. The minimum atomic E-state index is -0.0475. The van der Waals surface area contributed by atoms with Crippen molar-refractivity contribution in [2.75, 3.05) is 13.2 Å². The summed E-state index contributed by atoms with van der Waals surface area (Å²) in [5, 5.41) is 7.35. The van der Waals surface area contributed by atoms with Crippen LogP contribution in [0.25, 0.3) is 0 Å². The van der Waals surface area contributed by atoms with Crippen molar-refractivity contribution in [1.29, 1.82) is 0 Å². The number of carbonyl (C=O) groups excluding carboxylic acids is 1. The van der Waals surface area contributed by atoms with Crippen LogP contribution in [0.5, 0.6) is 0 Å². The number of ether oxygens (including phenoxy) is 1. The second kappa shape index (κ2) is 5.81. The molecule has 1 fully saturated rings. The Morgan fingerprint density at radius 1 is 1.30 bits per heavy atom. The number of amides is 1. The maximum Gasteiger partial charge on any atom is 0.275 e. The van der Waals surface area contributed by atoms with E-state index in [1.54, 1.807) is 0 Å². The molecule has 23 heavy (non-hydrogen) atoms. The van der Waals surface area contributed by atoms with Gasteiger partial charge in [0.15, 0.2) is 5.69 Å². The molecule has 2 atom stereocenters. The van der Waals surface area contributed by atoms with Gasteiger partial charge in [-0.3, -0.25) is 9.89 Å². The summed E-state index contributed by atoms with van der Waals surface area (Å²) < 4.78 is 5.81. The molecular weight excluding hydrogens is 290 g/mol. The summed E-state index contributed by atoms with van der Waals surface area (Å²) in [7, 11) is 0. The van der Waals surface area contributed by atoms with Crippen molar-refractivity contribution >= 4 is 5.91 Å². The molecule has 5 nitrogen and oxygen atoms in total. The average molecular weight is 311 g/mol. The molecule has 1 amide bonds. The molecular formula is C18H21N3O2. The van der Waals surface area contributed by atoms with Gasteiger partial charge in [-0.1, -0.05) is 30.3 Å². The van der Waals surface area contributed by atoms with Crippen LogP contribution in [0.3, 0.4) is 0 Å². The van der Waals surface area contributed by atoms with Crippen molar-refractivity contribution < 1.29 is 9.53 Å². The summed E-state index contributed by atoms with van der Waals surface area (Å²) >= 11 is 0. The number of carbonyl (C=O) groups is 1. The van der Waals surface area contributed by atoms with Crippen LogP contribution in [0, 0.1) is 0 Å². The molecule has 1 aromatic carbocycles. The Bertz CT molecular complexity index is 710. The highest BCUT2D eigenvalue weighted by atomic mass is 16.5. The maximum atomic E-state index is 13.1. The van der Waals surface area contributed by atoms with Crippen LogP contribution < -0.4 is 0 Å². The quantitative estimate of drug-likeness (QED) is 0.927. The first-order valence-electron chi connectivity index (χ1n) is 8.27. The smallest absolute Gasteiger partial charge is 0.275 e. The Morgan fingerprint density at radius 3 is 2.96 bits per heavy atom. The zero-order valence-electron chi connectivity index (χ0n) is 13.3. The molecule has 120 valence electrons. The molecule has 1 N–H and O–H groups in total. The fourth-order valence-corrected chi connectivity index (χ4v) is 3.61. The maximum absolute atomic E-state index is 13.1. The molecule has 0 unspecified atom stereocenters. The lowest BCUT2D eigenvalue weighted by Crippen LogP contribution is -2.47. The van der Waals surface area contributed by atoms with Gasteiger partial charge in [0.05, 0.1) is 18.8 Å². The van der Waals surface area contributed by atoms with Gasteiger partial charge in [0, 0.05) is 17.8 Å². The monoisotopic (exact) mass is 311 g/mol. The van der Waals surface area contributed by atoms with E-state index in [0.29, 0.717) is 18.8 Å². The van der Waals surface area contributed by atoms with Crippen LogP contribution in [0.2, 0.25) is 0 Å². The molecule has 4 rings (SSSR count). The predicted molar refractivity (Wildman–Crippen MR) is 86.2 cm³/mol. The van der Waals surface area contributed by atoms with E-state index >= 15 is 0 Å². The number of nitrogens with zero attached hydrogens (tertiary/aromatic N) is 2. The molecule has 0 spiro atoms. The van der Waals surface area contributed by atoms with Crippen LogP contribution >= 0.6 is 0 Å². The Hall–Kier alpha value is -2.14. The molecule has 2 aromatic rings. The van der Waals surface area contributed by atoms with Crippen LogP contribution in [0.15, 0.2) is 30.3 Å². The zero-order valence-corrected chi connectivity index (χ0v) is 13.3. The molecule has 1 aliphatic heterocycles. The topological polar surface area (TPSA) is 58.2 Å². The number of benzene rings is 1. The summed E-state index contributed by atoms with van der Waals surface area (Å²) in [5.41, 5.74) is 3.96. The number of fused-ring (bicyclic) bond motifs is 1. The van der Waals surface area contributed by atoms with Gasteiger partial charge in [-0.2, -0.15) is 5.10 Å². The third kappa shape index (κ3) is 2.55. The van der Waals surface area contributed by atoms with Crippen molar-refractivity contribution in [2.24, 2.45) is 0 Å². The molecule has 0 saturated carbocycles. The Morgan fingerprint density at radius 2 is 2.13 bits per heavy atom. The van der Waals surface area contributed by atoms with E-state index < -0.39 is 0 Å². The highest BCUT2D eigenvalue weighted by Gasteiger charge is 2.35. The van der Waals surface area contributed by atoms with Crippen LogP contribution in [-0.4, -0.2) is 40.3 Å². The number of aromatic nitrogens is 2. The zero-order chi connectivity index (χ0) is 15.8. The normalized spacial score (nSPS) is 23.8. The number of aryl methyl sites for hydroxylation is 1. The second-order valence-corrected chi connectivity index (χ2v) is 6.41. The number of hydrogen-bond acceptors (Lipinski definition) is 3. The third-order valence-electron chi connectivity index (χ3n) is 4.82. The van der Waals surface area contributed by atoms with Crippen molar-refractivity contribution in [3.63, 3.8) is 0 Å². The summed E-state index contributed by atoms with van der Waals surface area (Å²) in [5.74, 6) is 0.0217. The van der Waals surface area contributed by atoms with E-state index in [1.165, 1.54) is 0 Å². The summed E-state index contributed by atoms with van der Waals surface area (Å²) in [6.45, 7) is 3.14. The van der Waals surface area contributed by atoms with Crippen molar-refractivity contribution in [1.82, 2.24) is 15.1 Å². The van der Waals surface area contributed by atoms with E-state index in [2.05, 4.69) is 22.3 Å². The van der Waals surface area contributed by atoms with Gasteiger partial charge in [-0.25, -0.2) is 0 Å². The van der Waals surface area contributed by atoms with Gasteiger partial charge in [0.1, 0.15) is 0 Å². The summed E-state index contributed by atoms with van der Waals surface area (Å²) in [4.78, 5) is 15.1. The number of aromatic amines is 1. The highest BCUT2D eigenvalue weighted by molar-refractivity contribution is 5.94. The number of H-pyrrole nitrogens is 1. The van der Waals surface area contributed by atoms with Crippen molar-refractivity contribution in [2.45, 2.75) is 38.3 Å². The SMILES string of the molecule is C[C@@H]1CN(C(=O)c2n[nH]c3c2CCC3)[C@H](c2ccccc2)CO1. The fourth-order valence-electron chi connectivity index (χ4n) is 3.61. The molecule has 1 aromatic heterocycles. The summed E-state index contributed by atoms with van der Waals surface area (Å²) in [6.07, 6.45) is 3.09. The van der Waals surface area contributed by atoms with Crippen LogP contribution in [0.4, 0.5) is 0 Å². The van der Waals surface area contributed by atoms with E-state index in [0.717, 1.165) is 36.1 Å². The largest absolute Gasteiger partial charge is 0.374 e. The van der Waals surface area contributed by atoms with Gasteiger partial charge in [0.25, 0.3) is 5.91 Å². The van der Waals surface area contributed by atoms with Crippen molar-refractivity contribution in [3.05, 3.63) is 52.8 Å². The lowest BCUT2D eigenvalue weighted by Gasteiger charge is -2.38. The lowest BCUT2D eigenvalue weighted by atomic mass is 10.0. The van der Waals surface area contributed by atoms with E-state index in [4.69, 9.17) is 4.74 Å². The van der Waals surface area contributed by atoms with Gasteiger partial charge in [-0.05, 0) is 31.7 Å². The molecule has 0 radical (unpaired) electrons. The van der Waals surface area contributed by atoms with Crippen molar-refractivity contribution in [3.8, 4) is 0 Å². The molecule has 2 heterocycles. The van der Waals surface area contributed by atoms with E-state index in [1.807, 2.05) is 30.0 Å². The Labute approximate surface area is 135 Å². The number of nitrogens with one attached hydrogen (secondary N) is 1. The predicted octanol–water partition coefficient (Wildman–Crippen LogP) is 2.50. The minimum absolute atomic E-state index is 0.0217. The Balaban J connectivity index is 1.67.